The van der Waals surface area contributed by atoms with Crippen molar-refractivity contribution in [3.8, 4) is 28.7 Å². The van der Waals surface area contributed by atoms with Gasteiger partial charge < -0.3 is 28.3 Å². The van der Waals surface area contributed by atoms with E-state index in [1.807, 2.05) is 0 Å². The number of hydrogen-bond acceptors (Lipinski definition) is 9. The van der Waals surface area contributed by atoms with E-state index in [1.165, 1.54) is 36.1 Å². The van der Waals surface area contributed by atoms with E-state index in [2.05, 4.69) is 14.6 Å². The fraction of sp³-hybridized carbons (Fsp3) is 0.324. The molecule has 2 aromatic heterocycles. The average molecular weight is 710 g/mol. The minimum atomic E-state index is -4.96. The number of alkyl halides is 3. The third kappa shape index (κ3) is 8.07. The lowest BCUT2D eigenvalue weighted by molar-refractivity contribution is -0.274. The molecular formula is C37H35F4N3O7. The van der Waals surface area contributed by atoms with Crippen LogP contribution in [-0.4, -0.2) is 73.2 Å². The summed E-state index contributed by atoms with van der Waals surface area (Å²) in [6.45, 7) is 6.18. The average Bonchev–Trinajstić information content (AvgIpc) is 3.10. The molecule has 0 aliphatic carbocycles. The number of ether oxygens (including phenoxy) is 5. The molecule has 0 radical (unpaired) electrons. The summed E-state index contributed by atoms with van der Waals surface area (Å²) in [5.41, 5.74) is 0.470. The van der Waals surface area contributed by atoms with Gasteiger partial charge in [-0.15, -0.1) is 13.2 Å². The summed E-state index contributed by atoms with van der Waals surface area (Å²) in [5, 5.41) is 0.437. The summed E-state index contributed by atoms with van der Waals surface area (Å²) >= 11 is 0. The van der Waals surface area contributed by atoms with Gasteiger partial charge in [-0.2, -0.15) is 0 Å². The topological polar surface area (TPSA) is 101 Å². The van der Waals surface area contributed by atoms with Crippen LogP contribution >= 0.6 is 0 Å². The van der Waals surface area contributed by atoms with E-state index in [1.54, 1.807) is 32.2 Å². The summed E-state index contributed by atoms with van der Waals surface area (Å²) in [4.78, 5) is 33.6. The van der Waals surface area contributed by atoms with Crippen molar-refractivity contribution in [1.29, 1.82) is 0 Å². The second-order valence-electron chi connectivity index (χ2n) is 12.0. The number of morpholine rings is 1. The molecule has 1 fully saturated rings. The van der Waals surface area contributed by atoms with Crippen molar-refractivity contribution >= 4 is 27.6 Å². The van der Waals surface area contributed by atoms with Crippen LogP contribution in [0.25, 0.3) is 21.8 Å². The standard InChI is InChI=1S/C37H35F4N3O7/c1-22-35(36(46)26-19-24(51-37(39,40)41)6-7-29(26)43(22)2)30(45)18-23-5-8-32(27(38)17-23)50-31-9-10-42-28-21-34(33(47-3)20-25(28)31)49-14-4-11-44-12-15-48-16-13-44/h5-10,17,19-21H,4,11-16,18H2,1-3H3. The highest BCUT2D eigenvalue weighted by Crippen LogP contribution is 2.38. The quantitative estimate of drug-likeness (QED) is 0.0791. The van der Waals surface area contributed by atoms with Crippen molar-refractivity contribution in [2.75, 3.05) is 46.6 Å². The maximum absolute atomic E-state index is 15.4. The second-order valence-corrected chi connectivity index (χ2v) is 12.0. The van der Waals surface area contributed by atoms with Crippen molar-refractivity contribution < 1.29 is 46.0 Å². The highest BCUT2D eigenvalue weighted by molar-refractivity contribution is 6.01. The number of pyridine rings is 2. The van der Waals surface area contributed by atoms with Crippen LogP contribution in [0.3, 0.4) is 0 Å². The number of carbonyl (C=O) groups excluding carboxylic acids is 1. The predicted octanol–water partition coefficient (Wildman–Crippen LogP) is 6.76. The third-order valence-electron chi connectivity index (χ3n) is 8.73. The van der Waals surface area contributed by atoms with E-state index >= 15 is 4.39 Å². The Morgan fingerprint density at radius 1 is 0.961 bits per heavy atom. The fourth-order valence-corrected chi connectivity index (χ4v) is 6.08. The molecular weight excluding hydrogens is 674 g/mol. The van der Waals surface area contributed by atoms with Gasteiger partial charge in [0.2, 0.25) is 5.43 Å². The van der Waals surface area contributed by atoms with Gasteiger partial charge in [0.25, 0.3) is 0 Å². The Bertz CT molecular complexity index is 2150. The van der Waals surface area contributed by atoms with Gasteiger partial charge in [-0.3, -0.25) is 19.5 Å². The number of halogens is 4. The number of ketones is 1. The molecule has 0 unspecified atom stereocenters. The number of rotatable bonds is 12. The Morgan fingerprint density at radius 2 is 1.75 bits per heavy atom. The minimum absolute atomic E-state index is 0.115. The van der Waals surface area contributed by atoms with E-state index < -0.39 is 29.1 Å². The number of methoxy groups -OCH3 is 1. The number of carbonyl (C=O) groups is 1. The SMILES string of the molecule is COc1cc2c(Oc3ccc(CC(=O)c4c(C)n(C)c5ccc(OC(F)(F)F)cc5c4=O)cc3F)ccnc2cc1OCCCN1CCOCC1. The number of hydrogen-bond donors (Lipinski definition) is 0. The molecule has 0 saturated carbocycles. The molecule has 1 aliphatic heterocycles. The van der Waals surface area contributed by atoms with Crippen molar-refractivity contribution in [2.45, 2.75) is 26.1 Å². The minimum Gasteiger partial charge on any atom is -0.493 e. The Balaban J connectivity index is 1.18. The van der Waals surface area contributed by atoms with Gasteiger partial charge in [0.05, 0.1) is 48.9 Å². The van der Waals surface area contributed by atoms with Gasteiger partial charge in [-0.1, -0.05) is 6.07 Å². The van der Waals surface area contributed by atoms with Crippen LogP contribution < -0.4 is 24.4 Å². The molecule has 14 heteroatoms. The van der Waals surface area contributed by atoms with Gasteiger partial charge in [0.1, 0.15) is 11.5 Å². The summed E-state index contributed by atoms with van der Waals surface area (Å²) in [6.07, 6.45) is -2.95. The van der Waals surface area contributed by atoms with Crippen LogP contribution in [0.2, 0.25) is 0 Å². The lowest BCUT2D eigenvalue weighted by Crippen LogP contribution is -2.37. The van der Waals surface area contributed by atoms with Crippen LogP contribution in [0.15, 0.2) is 65.6 Å². The molecule has 1 saturated heterocycles. The van der Waals surface area contributed by atoms with E-state index in [9.17, 15) is 22.8 Å². The summed E-state index contributed by atoms with van der Waals surface area (Å²) in [5.74, 6) is -0.800. The normalized spacial score (nSPS) is 13.8. The van der Waals surface area contributed by atoms with E-state index in [-0.39, 0.29) is 28.7 Å². The van der Waals surface area contributed by atoms with E-state index in [0.717, 1.165) is 57.5 Å². The molecule has 0 spiro atoms. The van der Waals surface area contributed by atoms with Gasteiger partial charge in [-0.25, -0.2) is 4.39 Å². The zero-order chi connectivity index (χ0) is 36.3. The van der Waals surface area contributed by atoms with Crippen molar-refractivity contribution in [3.63, 3.8) is 0 Å². The molecule has 10 nitrogen and oxygen atoms in total. The molecule has 3 heterocycles. The second kappa shape index (κ2) is 15.0. The molecule has 0 amide bonds. The van der Waals surface area contributed by atoms with Crippen LogP contribution in [0.4, 0.5) is 17.6 Å². The van der Waals surface area contributed by atoms with Gasteiger partial charge >= 0.3 is 6.36 Å². The molecule has 51 heavy (non-hydrogen) atoms. The molecule has 6 rings (SSSR count). The highest BCUT2D eigenvalue weighted by Gasteiger charge is 2.31. The number of aromatic nitrogens is 2. The van der Waals surface area contributed by atoms with Crippen LogP contribution in [-0.2, 0) is 18.2 Å². The summed E-state index contributed by atoms with van der Waals surface area (Å²) in [6, 6.07) is 12.4. The first-order chi connectivity index (χ1) is 24.4. The zero-order valence-corrected chi connectivity index (χ0v) is 28.1. The molecule has 3 aromatic carbocycles. The molecule has 5 aromatic rings. The van der Waals surface area contributed by atoms with Gasteiger partial charge in [-0.05, 0) is 61.4 Å². The largest absolute Gasteiger partial charge is 0.573 e. The lowest BCUT2D eigenvalue weighted by atomic mass is 9.99. The molecule has 0 bridgehead atoms. The highest BCUT2D eigenvalue weighted by atomic mass is 19.4. The first-order valence-corrected chi connectivity index (χ1v) is 16.2. The van der Waals surface area contributed by atoms with Crippen molar-refractivity contribution in [3.05, 3.63) is 93.7 Å². The first kappa shape index (κ1) is 35.6. The van der Waals surface area contributed by atoms with E-state index in [0.29, 0.717) is 46.0 Å². The Morgan fingerprint density at radius 3 is 2.47 bits per heavy atom. The maximum atomic E-state index is 15.4. The number of fused-ring (bicyclic) bond motifs is 2. The Kier molecular flexibility index (Phi) is 10.4. The molecule has 268 valence electrons. The fourth-order valence-electron chi connectivity index (χ4n) is 6.08. The van der Waals surface area contributed by atoms with Crippen molar-refractivity contribution in [2.24, 2.45) is 7.05 Å². The number of nitrogens with zero attached hydrogens (tertiary/aromatic N) is 3. The summed E-state index contributed by atoms with van der Waals surface area (Å²) < 4.78 is 82.3. The molecule has 0 atom stereocenters. The van der Waals surface area contributed by atoms with Gasteiger partial charge in [0, 0.05) is 56.4 Å². The predicted molar refractivity (Wildman–Crippen MR) is 181 cm³/mol. The Labute approximate surface area is 290 Å². The van der Waals surface area contributed by atoms with Crippen LogP contribution in [0, 0.1) is 12.7 Å². The maximum Gasteiger partial charge on any atom is 0.573 e. The number of aryl methyl sites for hydroxylation is 1. The van der Waals surface area contributed by atoms with Crippen molar-refractivity contribution in [1.82, 2.24) is 14.5 Å². The molecule has 1 aliphatic rings. The number of benzene rings is 3. The number of Topliss-reactive ketones (excluding diaryl/α,β-unsaturated/α-hetero) is 1. The van der Waals surface area contributed by atoms with E-state index in [4.69, 9.17) is 18.9 Å². The van der Waals surface area contributed by atoms with Crippen LogP contribution in [0.1, 0.15) is 28.0 Å². The first-order valence-electron chi connectivity index (χ1n) is 16.2. The zero-order valence-electron chi connectivity index (χ0n) is 28.1. The third-order valence-corrected chi connectivity index (χ3v) is 8.73. The molecule has 0 N–H and O–H groups in total. The monoisotopic (exact) mass is 709 g/mol. The smallest absolute Gasteiger partial charge is 0.493 e. The Hall–Kier alpha value is -5.21. The van der Waals surface area contributed by atoms with Gasteiger partial charge in [0.15, 0.2) is 28.8 Å². The van der Waals surface area contributed by atoms with Crippen LogP contribution in [0.5, 0.6) is 28.7 Å². The summed E-state index contributed by atoms with van der Waals surface area (Å²) in [7, 11) is 3.11. The lowest BCUT2D eigenvalue weighted by Gasteiger charge is -2.26.